The smallest absolute Gasteiger partial charge is 0.183 e. The summed E-state index contributed by atoms with van der Waals surface area (Å²) in [6, 6.07) is 0. The van der Waals surface area contributed by atoms with Crippen LogP contribution in [-0.4, -0.2) is 54.0 Å². The third-order valence-corrected chi connectivity index (χ3v) is 7.91. The zero-order valence-electron chi connectivity index (χ0n) is 18.5. The van der Waals surface area contributed by atoms with Gasteiger partial charge in [0.25, 0.3) is 0 Å². The van der Waals surface area contributed by atoms with Crippen molar-refractivity contribution in [3.8, 4) is 0 Å². The Morgan fingerprint density at radius 3 is 1.72 bits per heavy atom. The highest BCUT2D eigenvalue weighted by Gasteiger charge is 2.22. The fraction of sp³-hybridized carbons (Fsp3) is 1.00. The van der Waals surface area contributed by atoms with Crippen LogP contribution in [0.5, 0.6) is 0 Å². The fourth-order valence-electron chi connectivity index (χ4n) is 2.90. The van der Waals surface area contributed by atoms with Crippen LogP contribution in [0.3, 0.4) is 0 Å². The molecule has 0 radical (unpaired) electrons. The van der Waals surface area contributed by atoms with Gasteiger partial charge in [0.15, 0.2) is 8.32 Å². The van der Waals surface area contributed by atoms with E-state index in [-0.39, 0.29) is 0 Å². The van der Waals surface area contributed by atoms with Crippen molar-refractivity contribution in [1.29, 1.82) is 0 Å². The van der Waals surface area contributed by atoms with Crippen LogP contribution in [0.15, 0.2) is 0 Å². The molecule has 0 unspecified atom stereocenters. The van der Waals surface area contributed by atoms with E-state index in [1.165, 1.54) is 57.9 Å². The molecule has 0 aromatic carbocycles. The number of nitrogens with zero attached hydrogens (tertiary/aromatic N) is 1. The van der Waals surface area contributed by atoms with Gasteiger partial charge < -0.3 is 13.7 Å². The monoisotopic (exact) mass is 389 g/mol. The molecule has 0 spiro atoms. The topological polar surface area (TPSA) is 21.7 Å². The maximum atomic E-state index is 5.84. The minimum Gasteiger partial charge on any atom is -0.415 e. The predicted molar refractivity (Wildman–Crippen MR) is 118 cm³/mol. The molecule has 0 saturated heterocycles. The molecule has 0 aliphatic carbocycles. The highest BCUT2D eigenvalue weighted by atomic mass is 28.4. The minimum absolute atomic E-state index is 0.738. The van der Waals surface area contributed by atoms with Gasteiger partial charge in [-0.3, -0.25) is 0 Å². The molecule has 0 aliphatic heterocycles. The zero-order valence-corrected chi connectivity index (χ0v) is 20.5. The molecule has 0 aliphatic rings. The predicted octanol–water partition coefficient (Wildman–Crippen LogP) is 6.13. The first-order valence-electron chi connectivity index (χ1n) is 10.6. The van der Waals surface area contributed by atoms with E-state index in [2.05, 4.69) is 50.8 Å². The summed E-state index contributed by atoms with van der Waals surface area (Å²) in [7, 11) is -2.63. The van der Waals surface area contributed by atoms with Gasteiger partial charge in [-0.1, -0.05) is 71.5 Å². The Balaban J connectivity index is 3.77. The lowest BCUT2D eigenvalue weighted by atomic mass is 10.1. The van der Waals surface area contributed by atoms with E-state index in [0.717, 1.165) is 26.4 Å². The SMILES string of the molecule is CCCCCCCCCCN(CCOCCO[Si](C)(C)C)[Si](C)(C)C. The Kier molecular flexibility index (Phi) is 14.6. The molecule has 0 rings (SSSR count). The van der Waals surface area contributed by atoms with Crippen molar-refractivity contribution in [2.45, 2.75) is 97.6 Å². The first-order chi connectivity index (χ1) is 11.7. The summed E-state index contributed by atoms with van der Waals surface area (Å²) < 4.78 is 14.4. The Labute approximate surface area is 161 Å². The van der Waals surface area contributed by atoms with Crippen molar-refractivity contribution in [2.75, 3.05) is 32.9 Å². The highest BCUT2D eigenvalue weighted by molar-refractivity contribution is 6.73. The summed E-state index contributed by atoms with van der Waals surface area (Å²) in [5.74, 6) is 0. The van der Waals surface area contributed by atoms with Crippen LogP contribution in [0.4, 0.5) is 0 Å². The Bertz CT molecular complexity index is 301. The number of hydrogen-bond acceptors (Lipinski definition) is 3. The van der Waals surface area contributed by atoms with E-state index in [9.17, 15) is 0 Å². The first kappa shape index (κ1) is 25.3. The lowest BCUT2D eigenvalue weighted by Crippen LogP contribution is -2.48. The third kappa shape index (κ3) is 17.5. The van der Waals surface area contributed by atoms with Crippen molar-refractivity contribution < 1.29 is 9.16 Å². The van der Waals surface area contributed by atoms with Crippen molar-refractivity contribution in [2.24, 2.45) is 0 Å². The van der Waals surface area contributed by atoms with Gasteiger partial charge in [-0.15, -0.1) is 0 Å². The van der Waals surface area contributed by atoms with Crippen LogP contribution < -0.4 is 0 Å². The molecule has 0 saturated carbocycles. The average Bonchev–Trinajstić information content (AvgIpc) is 2.48. The van der Waals surface area contributed by atoms with Crippen LogP contribution in [-0.2, 0) is 9.16 Å². The molecular weight excluding hydrogens is 342 g/mol. The lowest BCUT2D eigenvalue weighted by molar-refractivity contribution is 0.0893. The number of ether oxygens (including phenoxy) is 1. The number of rotatable bonds is 17. The second-order valence-corrected chi connectivity index (χ2v) is 18.7. The molecule has 0 aromatic rings. The maximum Gasteiger partial charge on any atom is 0.183 e. The van der Waals surface area contributed by atoms with Crippen molar-refractivity contribution in [3.05, 3.63) is 0 Å². The van der Waals surface area contributed by atoms with Crippen LogP contribution in [0.2, 0.25) is 39.3 Å². The number of hydrogen-bond donors (Lipinski definition) is 0. The summed E-state index contributed by atoms with van der Waals surface area (Å²) in [5, 5.41) is 0. The van der Waals surface area contributed by atoms with Crippen LogP contribution in [0, 0.1) is 0 Å². The van der Waals surface area contributed by atoms with Gasteiger partial charge in [-0.2, -0.15) is 0 Å². The van der Waals surface area contributed by atoms with E-state index in [4.69, 9.17) is 9.16 Å². The summed E-state index contributed by atoms with van der Waals surface area (Å²) >= 11 is 0. The fourth-order valence-corrected chi connectivity index (χ4v) is 5.19. The van der Waals surface area contributed by atoms with Gasteiger partial charge in [0, 0.05) is 6.54 Å². The summed E-state index contributed by atoms with van der Waals surface area (Å²) in [5.41, 5.74) is 0. The van der Waals surface area contributed by atoms with Crippen LogP contribution in [0.1, 0.15) is 58.3 Å². The molecule has 0 aromatic heterocycles. The molecule has 0 N–H and O–H groups in total. The van der Waals surface area contributed by atoms with Crippen molar-refractivity contribution >= 4 is 16.6 Å². The molecule has 0 heterocycles. The second-order valence-electron chi connectivity index (χ2n) is 9.21. The molecule has 152 valence electrons. The Hall–Kier alpha value is 0.314. The van der Waals surface area contributed by atoms with E-state index in [1.807, 2.05) is 0 Å². The van der Waals surface area contributed by atoms with E-state index in [1.54, 1.807) is 0 Å². The van der Waals surface area contributed by atoms with E-state index < -0.39 is 16.6 Å². The average molecular weight is 390 g/mol. The number of unbranched alkanes of at least 4 members (excludes halogenated alkanes) is 7. The quantitative estimate of drug-likeness (QED) is 0.220. The van der Waals surface area contributed by atoms with Gasteiger partial charge >= 0.3 is 0 Å². The molecule has 0 fully saturated rings. The van der Waals surface area contributed by atoms with Crippen molar-refractivity contribution in [3.63, 3.8) is 0 Å². The zero-order chi connectivity index (χ0) is 19.2. The van der Waals surface area contributed by atoms with E-state index in [0.29, 0.717) is 0 Å². The molecule has 3 nitrogen and oxygen atoms in total. The second kappa shape index (κ2) is 14.4. The Morgan fingerprint density at radius 2 is 1.20 bits per heavy atom. The lowest BCUT2D eigenvalue weighted by Gasteiger charge is -2.34. The van der Waals surface area contributed by atoms with Gasteiger partial charge in [-0.05, 0) is 32.6 Å². The third-order valence-electron chi connectivity index (χ3n) is 4.50. The summed E-state index contributed by atoms with van der Waals surface area (Å²) in [6.45, 7) is 21.0. The van der Waals surface area contributed by atoms with E-state index >= 15 is 0 Å². The maximum absolute atomic E-state index is 5.84. The van der Waals surface area contributed by atoms with Gasteiger partial charge in [0.1, 0.15) is 8.24 Å². The van der Waals surface area contributed by atoms with Gasteiger partial charge in [0.2, 0.25) is 0 Å². The van der Waals surface area contributed by atoms with Crippen molar-refractivity contribution in [1.82, 2.24) is 4.57 Å². The normalized spacial score (nSPS) is 13.0. The molecule has 0 atom stereocenters. The Morgan fingerprint density at radius 1 is 0.640 bits per heavy atom. The molecule has 0 bridgehead atoms. The first-order valence-corrected chi connectivity index (χ1v) is 17.5. The summed E-state index contributed by atoms with van der Waals surface area (Å²) in [4.78, 5) is 0. The minimum atomic E-state index is -1.39. The van der Waals surface area contributed by atoms with Crippen LogP contribution in [0.25, 0.3) is 0 Å². The summed E-state index contributed by atoms with van der Waals surface area (Å²) in [6.07, 6.45) is 11.2. The standard InChI is InChI=1S/C20H47NO2Si2/c1-8-9-10-11-12-13-14-15-16-21(24(2,3)4)17-18-22-19-20-23-25(5,6)7/h8-20H2,1-7H3. The molecule has 5 heteroatoms. The molecular formula is C20H47NO2Si2. The molecule has 25 heavy (non-hydrogen) atoms. The van der Waals surface area contributed by atoms with Crippen LogP contribution >= 0.6 is 0 Å². The largest absolute Gasteiger partial charge is 0.415 e. The molecule has 0 amide bonds. The highest BCUT2D eigenvalue weighted by Crippen LogP contribution is 2.13. The van der Waals surface area contributed by atoms with Gasteiger partial charge in [0.05, 0.1) is 19.8 Å². The van der Waals surface area contributed by atoms with Gasteiger partial charge in [-0.25, -0.2) is 0 Å².